The summed E-state index contributed by atoms with van der Waals surface area (Å²) in [6, 6.07) is 0. The zero-order valence-electron chi connectivity index (χ0n) is 10.3. The van der Waals surface area contributed by atoms with Gasteiger partial charge in [0.1, 0.15) is 0 Å². The predicted octanol–water partition coefficient (Wildman–Crippen LogP) is 2.12. The van der Waals surface area contributed by atoms with E-state index in [1.165, 1.54) is 4.90 Å². The van der Waals surface area contributed by atoms with Gasteiger partial charge >= 0.3 is 0 Å². The first kappa shape index (κ1) is 13.6. The zero-order chi connectivity index (χ0) is 12.3. The van der Waals surface area contributed by atoms with Crippen LogP contribution in [0.15, 0.2) is 0 Å². The van der Waals surface area contributed by atoms with E-state index in [0.29, 0.717) is 25.3 Å². The van der Waals surface area contributed by atoms with Crippen LogP contribution >= 0.6 is 12.6 Å². The maximum absolute atomic E-state index is 11.9. The third kappa shape index (κ3) is 3.24. The highest BCUT2D eigenvalue weighted by Gasteiger charge is 2.37. The van der Waals surface area contributed by atoms with Crippen molar-refractivity contribution in [2.45, 2.75) is 40.0 Å². The Hall–Kier alpha value is -0.510. The molecule has 4 heteroatoms. The maximum Gasteiger partial charge on any atom is 0.229 e. The first-order valence-corrected chi connectivity index (χ1v) is 6.47. The number of thiol groups is 1. The SMILES string of the molecule is CCC(CS)CN1C(=O)CC(C)(C)CC1=O. The molecule has 1 saturated heterocycles. The van der Waals surface area contributed by atoms with Crippen LogP contribution in [0, 0.1) is 11.3 Å². The van der Waals surface area contributed by atoms with Gasteiger partial charge in [-0.3, -0.25) is 14.5 Å². The molecule has 0 aliphatic carbocycles. The van der Waals surface area contributed by atoms with Crippen LogP contribution in [0.3, 0.4) is 0 Å². The van der Waals surface area contributed by atoms with Crippen molar-refractivity contribution >= 4 is 24.4 Å². The van der Waals surface area contributed by atoms with E-state index in [9.17, 15) is 9.59 Å². The van der Waals surface area contributed by atoms with Crippen molar-refractivity contribution in [2.75, 3.05) is 12.3 Å². The summed E-state index contributed by atoms with van der Waals surface area (Å²) in [5.41, 5.74) is -0.173. The van der Waals surface area contributed by atoms with E-state index in [1.54, 1.807) is 0 Å². The maximum atomic E-state index is 11.9. The van der Waals surface area contributed by atoms with Gasteiger partial charge in [0.25, 0.3) is 0 Å². The third-order valence-electron chi connectivity index (χ3n) is 3.14. The standard InChI is InChI=1S/C12H21NO2S/c1-4-9(8-16)7-13-10(14)5-12(2,3)6-11(13)15/h9,16H,4-8H2,1-3H3. The average Bonchev–Trinajstić information content (AvgIpc) is 2.15. The molecule has 1 fully saturated rings. The van der Waals surface area contributed by atoms with Crippen LogP contribution in [-0.4, -0.2) is 29.0 Å². The lowest BCUT2D eigenvalue weighted by Crippen LogP contribution is -2.48. The quantitative estimate of drug-likeness (QED) is 0.606. The average molecular weight is 243 g/mol. The molecule has 0 bridgehead atoms. The summed E-state index contributed by atoms with van der Waals surface area (Å²) in [5, 5.41) is 0. The van der Waals surface area contributed by atoms with Crippen LogP contribution in [0.5, 0.6) is 0 Å². The Kier molecular flexibility index (Phi) is 4.42. The summed E-state index contributed by atoms with van der Waals surface area (Å²) in [5.74, 6) is 0.983. The van der Waals surface area contributed by atoms with Crippen molar-refractivity contribution in [3.8, 4) is 0 Å². The number of likely N-dealkylation sites (tertiary alicyclic amines) is 1. The van der Waals surface area contributed by atoms with Crippen molar-refractivity contribution in [1.29, 1.82) is 0 Å². The molecule has 1 aliphatic heterocycles. The molecular weight excluding hydrogens is 222 g/mol. The van der Waals surface area contributed by atoms with E-state index in [2.05, 4.69) is 19.6 Å². The van der Waals surface area contributed by atoms with Crippen LogP contribution in [0.4, 0.5) is 0 Å². The highest BCUT2D eigenvalue weighted by molar-refractivity contribution is 7.80. The Morgan fingerprint density at radius 1 is 1.31 bits per heavy atom. The first-order chi connectivity index (χ1) is 7.39. The number of carbonyl (C=O) groups excluding carboxylic acids is 2. The number of amides is 2. The van der Waals surface area contributed by atoms with Gasteiger partial charge in [0, 0.05) is 19.4 Å². The smallest absolute Gasteiger partial charge is 0.229 e. The molecule has 0 aromatic heterocycles. The number of hydrogen-bond acceptors (Lipinski definition) is 3. The van der Waals surface area contributed by atoms with Crippen molar-refractivity contribution in [3.63, 3.8) is 0 Å². The van der Waals surface area contributed by atoms with Gasteiger partial charge in [-0.2, -0.15) is 12.6 Å². The molecule has 0 radical (unpaired) electrons. The summed E-state index contributed by atoms with van der Waals surface area (Å²) < 4.78 is 0. The second-order valence-corrected chi connectivity index (χ2v) is 5.74. The molecule has 0 aromatic rings. The number of carbonyl (C=O) groups is 2. The van der Waals surface area contributed by atoms with Gasteiger partial charge in [-0.15, -0.1) is 0 Å². The number of piperidine rings is 1. The predicted molar refractivity (Wildman–Crippen MR) is 67.4 cm³/mol. The molecule has 92 valence electrons. The lowest BCUT2D eigenvalue weighted by molar-refractivity contribution is -0.153. The molecule has 0 spiro atoms. The fraction of sp³-hybridized carbons (Fsp3) is 0.833. The second kappa shape index (κ2) is 5.21. The van der Waals surface area contributed by atoms with Crippen molar-refractivity contribution in [2.24, 2.45) is 11.3 Å². The lowest BCUT2D eigenvalue weighted by Gasteiger charge is -2.36. The molecule has 1 rings (SSSR count). The Morgan fingerprint density at radius 2 is 1.81 bits per heavy atom. The Labute approximate surface area is 103 Å². The number of rotatable bonds is 4. The highest BCUT2D eigenvalue weighted by Crippen LogP contribution is 2.31. The van der Waals surface area contributed by atoms with Gasteiger partial charge in [-0.1, -0.05) is 27.2 Å². The molecule has 1 aliphatic rings. The summed E-state index contributed by atoms with van der Waals surface area (Å²) in [6.07, 6.45) is 1.90. The topological polar surface area (TPSA) is 37.4 Å². The van der Waals surface area contributed by atoms with Gasteiger partial charge in [-0.05, 0) is 17.1 Å². The Balaban J connectivity index is 2.68. The Bertz CT molecular complexity index is 265. The monoisotopic (exact) mass is 243 g/mol. The number of hydrogen-bond donors (Lipinski definition) is 1. The summed E-state index contributed by atoms with van der Waals surface area (Å²) in [6.45, 7) is 6.53. The molecule has 1 heterocycles. The molecule has 0 saturated carbocycles. The largest absolute Gasteiger partial charge is 0.282 e. The summed E-state index contributed by atoms with van der Waals surface area (Å²) >= 11 is 4.24. The molecule has 16 heavy (non-hydrogen) atoms. The minimum atomic E-state index is -0.173. The van der Waals surface area contributed by atoms with E-state index >= 15 is 0 Å². The fourth-order valence-electron chi connectivity index (χ4n) is 1.99. The molecule has 3 nitrogen and oxygen atoms in total. The van der Waals surface area contributed by atoms with Crippen LogP contribution in [0.2, 0.25) is 0 Å². The first-order valence-electron chi connectivity index (χ1n) is 5.83. The normalized spacial score (nSPS) is 22.4. The minimum absolute atomic E-state index is 0.0264. The van der Waals surface area contributed by atoms with Crippen molar-refractivity contribution < 1.29 is 9.59 Å². The summed E-state index contributed by atoms with van der Waals surface area (Å²) in [7, 11) is 0. The van der Waals surface area contributed by atoms with Crippen LogP contribution in [0.1, 0.15) is 40.0 Å². The van der Waals surface area contributed by atoms with Crippen LogP contribution in [0.25, 0.3) is 0 Å². The Morgan fingerprint density at radius 3 is 2.19 bits per heavy atom. The fourth-order valence-corrected chi connectivity index (χ4v) is 2.36. The van der Waals surface area contributed by atoms with Gasteiger partial charge in [-0.25, -0.2) is 0 Å². The number of imide groups is 1. The van der Waals surface area contributed by atoms with Crippen LogP contribution < -0.4 is 0 Å². The van der Waals surface area contributed by atoms with Gasteiger partial charge in [0.2, 0.25) is 11.8 Å². The third-order valence-corrected chi connectivity index (χ3v) is 3.65. The van der Waals surface area contributed by atoms with Crippen molar-refractivity contribution in [3.05, 3.63) is 0 Å². The van der Waals surface area contributed by atoms with E-state index in [4.69, 9.17) is 0 Å². The molecular formula is C12H21NO2S. The van der Waals surface area contributed by atoms with E-state index < -0.39 is 0 Å². The zero-order valence-corrected chi connectivity index (χ0v) is 11.2. The van der Waals surface area contributed by atoms with E-state index in [1.807, 2.05) is 13.8 Å². The van der Waals surface area contributed by atoms with Crippen LogP contribution in [-0.2, 0) is 9.59 Å². The van der Waals surface area contributed by atoms with Crippen molar-refractivity contribution in [1.82, 2.24) is 4.90 Å². The second-order valence-electron chi connectivity index (χ2n) is 5.37. The molecule has 1 unspecified atom stereocenters. The number of nitrogens with zero attached hydrogens (tertiary/aromatic N) is 1. The van der Waals surface area contributed by atoms with E-state index in [0.717, 1.165) is 12.2 Å². The molecule has 1 atom stereocenters. The van der Waals surface area contributed by atoms with Gasteiger partial charge < -0.3 is 0 Å². The molecule has 0 aromatic carbocycles. The lowest BCUT2D eigenvalue weighted by atomic mass is 9.81. The highest BCUT2D eigenvalue weighted by atomic mass is 32.1. The summed E-state index contributed by atoms with van der Waals surface area (Å²) in [4.78, 5) is 25.2. The van der Waals surface area contributed by atoms with Gasteiger partial charge in [0.05, 0.1) is 0 Å². The molecule has 0 N–H and O–H groups in total. The minimum Gasteiger partial charge on any atom is -0.282 e. The van der Waals surface area contributed by atoms with E-state index in [-0.39, 0.29) is 17.2 Å². The molecule has 2 amide bonds. The van der Waals surface area contributed by atoms with Gasteiger partial charge in [0.15, 0.2) is 0 Å².